The van der Waals surface area contributed by atoms with Gasteiger partial charge in [-0.05, 0) is 55.5 Å². The number of amides is 1. The molecule has 1 amide bonds. The maximum atomic E-state index is 13.0. The summed E-state index contributed by atoms with van der Waals surface area (Å²) in [6, 6.07) is 9.85. The summed E-state index contributed by atoms with van der Waals surface area (Å²) in [7, 11) is 0. The molecule has 0 unspecified atom stereocenters. The number of carbonyl (C=O) groups is 1. The zero-order valence-corrected chi connectivity index (χ0v) is 14.1. The van der Waals surface area contributed by atoms with E-state index in [1.54, 1.807) is 6.07 Å². The van der Waals surface area contributed by atoms with Crippen LogP contribution >= 0.6 is 0 Å². The molecule has 128 valence electrons. The minimum Gasteiger partial charge on any atom is -0.464 e. The maximum absolute atomic E-state index is 13.0. The molecule has 2 fully saturated rings. The van der Waals surface area contributed by atoms with Crippen LogP contribution in [0.4, 0.5) is 0 Å². The van der Waals surface area contributed by atoms with Gasteiger partial charge < -0.3 is 9.32 Å². The lowest BCUT2D eigenvalue weighted by molar-refractivity contribution is 0.0717. The van der Waals surface area contributed by atoms with Crippen molar-refractivity contribution in [1.82, 2.24) is 20.3 Å². The molecule has 6 heteroatoms. The van der Waals surface area contributed by atoms with Gasteiger partial charge in [-0.25, -0.2) is 0 Å². The van der Waals surface area contributed by atoms with Gasteiger partial charge in [-0.1, -0.05) is 6.92 Å². The van der Waals surface area contributed by atoms with E-state index in [1.165, 1.54) is 6.42 Å². The molecule has 25 heavy (non-hydrogen) atoms. The molecule has 2 heterocycles. The standard InChI is InChI=1S/C19H20N4O2/c1-11-8-15(11)18-7-5-14(25-18)10-23(13-3-4-13)19(24)12-2-6-16-17(9-12)21-22-20-16/h2,5-7,9,11,13,15H,3-4,8,10H2,1H3,(H,20,21,22)/t11-,15-/m0/s1. The second-order valence-electron chi connectivity index (χ2n) is 7.31. The first-order valence-corrected chi connectivity index (χ1v) is 8.89. The van der Waals surface area contributed by atoms with Crippen LogP contribution in [0.15, 0.2) is 34.7 Å². The molecule has 6 nitrogen and oxygen atoms in total. The third kappa shape index (κ3) is 2.71. The largest absolute Gasteiger partial charge is 0.464 e. The lowest BCUT2D eigenvalue weighted by atomic mass is 10.1. The van der Waals surface area contributed by atoms with Gasteiger partial charge >= 0.3 is 0 Å². The Bertz CT molecular complexity index is 940. The summed E-state index contributed by atoms with van der Waals surface area (Å²) in [6.45, 7) is 2.77. The number of hydrogen-bond donors (Lipinski definition) is 1. The first-order chi connectivity index (χ1) is 12.2. The Morgan fingerprint density at radius 2 is 2.04 bits per heavy atom. The molecule has 0 saturated heterocycles. The zero-order chi connectivity index (χ0) is 17.0. The van der Waals surface area contributed by atoms with Crippen LogP contribution in [-0.4, -0.2) is 32.3 Å². The smallest absolute Gasteiger partial charge is 0.254 e. The van der Waals surface area contributed by atoms with Crippen molar-refractivity contribution < 1.29 is 9.21 Å². The number of aromatic nitrogens is 3. The number of aromatic amines is 1. The number of nitrogens with zero attached hydrogens (tertiary/aromatic N) is 3. The fourth-order valence-corrected chi connectivity index (χ4v) is 3.46. The molecule has 0 aliphatic heterocycles. The van der Waals surface area contributed by atoms with Crippen LogP contribution in [0.25, 0.3) is 11.0 Å². The highest BCUT2D eigenvalue weighted by atomic mass is 16.3. The van der Waals surface area contributed by atoms with E-state index in [1.807, 2.05) is 23.1 Å². The number of fused-ring (bicyclic) bond motifs is 1. The van der Waals surface area contributed by atoms with Crippen molar-refractivity contribution in [1.29, 1.82) is 0 Å². The zero-order valence-electron chi connectivity index (χ0n) is 14.1. The molecule has 3 aromatic rings. The fraction of sp³-hybridized carbons (Fsp3) is 0.421. The molecule has 0 spiro atoms. The highest BCUT2D eigenvalue weighted by Crippen LogP contribution is 2.47. The van der Waals surface area contributed by atoms with Gasteiger partial charge in [0, 0.05) is 17.5 Å². The second-order valence-corrected chi connectivity index (χ2v) is 7.31. The van der Waals surface area contributed by atoms with Crippen molar-refractivity contribution in [3.63, 3.8) is 0 Å². The minimum atomic E-state index is 0.0325. The van der Waals surface area contributed by atoms with Crippen LogP contribution < -0.4 is 0 Å². The normalized spacial score (nSPS) is 22.3. The number of benzene rings is 1. The summed E-state index contributed by atoms with van der Waals surface area (Å²) >= 11 is 0. The molecule has 5 rings (SSSR count). The van der Waals surface area contributed by atoms with E-state index in [4.69, 9.17) is 4.42 Å². The van der Waals surface area contributed by atoms with E-state index in [0.717, 1.165) is 29.9 Å². The van der Waals surface area contributed by atoms with E-state index < -0.39 is 0 Å². The summed E-state index contributed by atoms with van der Waals surface area (Å²) in [4.78, 5) is 15.0. The number of carbonyl (C=O) groups excluding carboxylic acids is 1. The van der Waals surface area contributed by atoms with Gasteiger partial charge in [0.1, 0.15) is 22.6 Å². The van der Waals surface area contributed by atoms with Gasteiger partial charge in [-0.15, -0.1) is 0 Å². The van der Waals surface area contributed by atoms with Crippen LogP contribution in [-0.2, 0) is 6.54 Å². The molecule has 0 radical (unpaired) electrons. The number of furan rings is 1. The van der Waals surface area contributed by atoms with E-state index in [-0.39, 0.29) is 5.91 Å². The molecular weight excluding hydrogens is 316 g/mol. The Morgan fingerprint density at radius 3 is 2.80 bits per heavy atom. The number of H-pyrrole nitrogens is 1. The van der Waals surface area contributed by atoms with Crippen LogP contribution in [0.5, 0.6) is 0 Å². The fourth-order valence-electron chi connectivity index (χ4n) is 3.46. The molecule has 2 saturated carbocycles. The van der Waals surface area contributed by atoms with Gasteiger partial charge in [-0.2, -0.15) is 15.4 Å². The van der Waals surface area contributed by atoms with Crippen LogP contribution in [0.3, 0.4) is 0 Å². The third-order valence-corrected chi connectivity index (χ3v) is 5.30. The van der Waals surface area contributed by atoms with Gasteiger partial charge in [0.25, 0.3) is 5.91 Å². The van der Waals surface area contributed by atoms with Crippen molar-refractivity contribution in [2.24, 2.45) is 5.92 Å². The average Bonchev–Trinajstić information content (AvgIpc) is 3.48. The van der Waals surface area contributed by atoms with Crippen molar-refractivity contribution >= 4 is 16.9 Å². The summed E-state index contributed by atoms with van der Waals surface area (Å²) in [5, 5.41) is 10.7. The van der Waals surface area contributed by atoms with Crippen LogP contribution in [0, 0.1) is 5.92 Å². The summed E-state index contributed by atoms with van der Waals surface area (Å²) in [5.74, 6) is 3.25. The van der Waals surface area contributed by atoms with Crippen LogP contribution in [0.1, 0.15) is 54.0 Å². The highest BCUT2D eigenvalue weighted by molar-refractivity contribution is 5.97. The molecular formula is C19H20N4O2. The Balaban J connectivity index is 1.38. The quantitative estimate of drug-likeness (QED) is 0.774. The SMILES string of the molecule is C[C@H]1C[C@@H]1c1ccc(CN(C(=O)c2ccc3n[nH]nc3c2)C2CC2)o1. The Labute approximate surface area is 145 Å². The topological polar surface area (TPSA) is 75.0 Å². The lowest BCUT2D eigenvalue weighted by Gasteiger charge is -2.21. The van der Waals surface area contributed by atoms with Crippen LogP contribution in [0.2, 0.25) is 0 Å². The van der Waals surface area contributed by atoms with E-state index >= 15 is 0 Å². The van der Waals surface area contributed by atoms with Gasteiger partial charge in [0.2, 0.25) is 0 Å². The molecule has 2 aliphatic rings. The molecule has 0 bridgehead atoms. The molecule has 2 atom stereocenters. The Morgan fingerprint density at radius 1 is 1.24 bits per heavy atom. The van der Waals surface area contributed by atoms with Gasteiger partial charge in [0.05, 0.1) is 6.54 Å². The van der Waals surface area contributed by atoms with Gasteiger partial charge in [-0.3, -0.25) is 4.79 Å². The van der Waals surface area contributed by atoms with E-state index in [9.17, 15) is 4.79 Å². The predicted molar refractivity (Wildman–Crippen MR) is 92.0 cm³/mol. The summed E-state index contributed by atoms with van der Waals surface area (Å²) < 4.78 is 6.01. The highest BCUT2D eigenvalue weighted by Gasteiger charge is 2.37. The third-order valence-electron chi connectivity index (χ3n) is 5.30. The average molecular weight is 336 g/mol. The maximum Gasteiger partial charge on any atom is 0.254 e. The number of hydrogen-bond acceptors (Lipinski definition) is 4. The first-order valence-electron chi connectivity index (χ1n) is 8.89. The molecule has 1 aromatic carbocycles. The minimum absolute atomic E-state index is 0.0325. The van der Waals surface area contributed by atoms with Crippen molar-refractivity contribution in [3.05, 3.63) is 47.4 Å². The van der Waals surface area contributed by atoms with E-state index in [0.29, 0.717) is 35.5 Å². The Hall–Kier alpha value is -2.63. The number of rotatable bonds is 5. The molecule has 1 N–H and O–H groups in total. The number of nitrogens with one attached hydrogen (secondary N) is 1. The lowest BCUT2D eigenvalue weighted by Crippen LogP contribution is -2.32. The summed E-state index contributed by atoms with van der Waals surface area (Å²) in [6.07, 6.45) is 3.33. The molecule has 2 aromatic heterocycles. The predicted octanol–water partition coefficient (Wildman–Crippen LogP) is 3.48. The van der Waals surface area contributed by atoms with Crippen molar-refractivity contribution in [3.8, 4) is 0 Å². The van der Waals surface area contributed by atoms with E-state index in [2.05, 4.69) is 28.4 Å². The van der Waals surface area contributed by atoms with Crippen molar-refractivity contribution in [2.45, 2.75) is 44.7 Å². The monoisotopic (exact) mass is 336 g/mol. The van der Waals surface area contributed by atoms with Crippen molar-refractivity contribution in [2.75, 3.05) is 0 Å². The summed E-state index contributed by atoms with van der Waals surface area (Å²) in [5.41, 5.74) is 2.13. The first kappa shape index (κ1) is 14.7. The Kier molecular flexibility index (Phi) is 3.20. The van der Waals surface area contributed by atoms with Gasteiger partial charge in [0.15, 0.2) is 0 Å². The molecule has 2 aliphatic carbocycles. The second kappa shape index (κ2) is 5.44.